The molecule has 5 rings (SSSR count). The molecule has 11 heteroatoms. The Labute approximate surface area is 242 Å². The Morgan fingerprint density at radius 1 is 0.975 bits per heavy atom. The van der Waals surface area contributed by atoms with Crippen molar-refractivity contribution in [3.63, 3.8) is 0 Å². The summed E-state index contributed by atoms with van der Waals surface area (Å²) >= 11 is 6.42. The molecular formula is C29H38ClFN7OP. The van der Waals surface area contributed by atoms with Crippen molar-refractivity contribution in [2.24, 2.45) is 0 Å². The van der Waals surface area contributed by atoms with Gasteiger partial charge in [-0.1, -0.05) is 19.5 Å². The number of nitrogens with one attached hydrogen (secondary N) is 2. The monoisotopic (exact) mass is 585 g/mol. The van der Waals surface area contributed by atoms with Crippen LogP contribution >= 0.6 is 19.5 Å². The number of hydrogen-bond acceptors (Lipinski definition) is 8. The molecule has 8 nitrogen and oxygen atoms in total. The number of ether oxygens (including phenoxy) is 1. The Hall–Kier alpha value is -2.71. The fourth-order valence-corrected chi connectivity index (χ4v) is 6.53. The topological polar surface area (TPSA) is 68.8 Å². The second kappa shape index (κ2) is 12.9. The molecule has 0 saturated carbocycles. The van der Waals surface area contributed by atoms with Gasteiger partial charge >= 0.3 is 0 Å². The fraction of sp³-hybridized carbons (Fsp3) is 0.448. The van der Waals surface area contributed by atoms with Gasteiger partial charge in [-0.05, 0) is 63.6 Å². The van der Waals surface area contributed by atoms with Crippen LogP contribution in [0.1, 0.15) is 12.8 Å². The van der Waals surface area contributed by atoms with Gasteiger partial charge < -0.3 is 25.2 Å². The Balaban J connectivity index is 1.27. The lowest BCUT2D eigenvalue weighted by Gasteiger charge is -2.42. The van der Waals surface area contributed by atoms with Crippen LogP contribution in [-0.2, 0) is 0 Å². The molecule has 0 bridgehead atoms. The van der Waals surface area contributed by atoms with Gasteiger partial charge in [-0.2, -0.15) is 4.98 Å². The molecule has 2 aliphatic heterocycles. The summed E-state index contributed by atoms with van der Waals surface area (Å²) < 4.78 is 19.6. The van der Waals surface area contributed by atoms with Crippen molar-refractivity contribution >= 4 is 53.7 Å². The van der Waals surface area contributed by atoms with Gasteiger partial charge in [0.05, 0.1) is 19.0 Å². The zero-order valence-electron chi connectivity index (χ0n) is 23.6. The van der Waals surface area contributed by atoms with Crippen molar-refractivity contribution in [1.82, 2.24) is 19.8 Å². The van der Waals surface area contributed by atoms with Gasteiger partial charge in [-0.15, -0.1) is 0 Å². The lowest BCUT2D eigenvalue weighted by atomic mass is 10.0. The predicted molar refractivity (Wildman–Crippen MR) is 166 cm³/mol. The number of methoxy groups -OCH3 is 1. The molecule has 40 heavy (non-hydrogen) atoms. The van der Waals surface area contributed by atoms with Gasteiger partial charge in [0.2, 0.25) is 5.95 Å². The summed E-state index contributed by atoms with van der Waals surface area (Å²) in [7, 11) is 3.34. The molecule has 1 aromatic heterocycles. The van der Waals surface area contributed by atoms with Crippen molar-refractivity contribution in [3.8, 4) is 5.75 Å². The van der Waals surface area contributed by atoms with Gasteiger partial charge in [0, 0.05) is 68.1 Å². The van der Waals surface area contributed by atoms with Crippen molar-refractivity contribution in [2.45, 2.75) is 18.9 Å². The van der Waals surface area contributed by atoms with Crippen molar-refractivity contribution < 1.29 is 9.13 Å². The minimum Gasteiger partial charge on any atom is -0.494 e. The van der Waals surface area contributed by atoms with Crippen molar-refractivity contribution in [1.29, 1.82) is 0 Å². The molecule has 0 spiro atoms. The molecule has 3 heterocycles. The molecule has 3 aromatic rings. The van der Waals surface area contributed by atoms with Crippen LogP contribution in [0.3, 0.4) is 0 Å². The van der Waals surface area contributed by atoms with E-state index in [4.69, 9.17) is 16.3 Å². The number of halogens is 2. The number of likely N-dealkylation sites (N-methyl/N-ethyl adjacent to an activating group) is 1. The number of piperazine rings is 1. The van der Waals surface area contributed by atoms with E-state index in [-0.39, 0.29) is 5.82 Å². The van der Waals surface area contributed by atoms with Crippen LogP contribution in [0.4, 0.5) is 33.2 Å². The fourth-order valence-electron chi connectivity index (χ4n) is 5.40. The van der Waals surface area contributed by atoms with E-state index in [1.165, 1.54) is 32.0 Å². The zero-order valence-corrected chi connectivity index (χ0v) is 25.3. The quantitative estimate of drug-likeness (QED) is 0.343. The first-order valence-corrected chi connectivity index (χ1v) is 16.3. The minimum absolute atomic E-state index is 0.261. The summed E-state index contributed by atoms with van der Waals surface area (Å²) in [5, 5.41) is 7.83. The summed E-state index contributed by atoms with van der Waals surface area (Å²) in [6.07, 6.45) is 3.90. The average Bonchev–Trinajstić information content (AvgIpc) is 2.96. The second-order valence-corrected chi connectivity index (χ2v) is 13.3. The van der Waals surface area contributed by atoms with Crippen molar-refractivity contribution in [2.75, 3.05) is 82.3 Å². The highest BCUT2D eigenvalue weighted by Gasteiger charge is 2.27. The van der Waals surface area contributed by atoms with Crippen LogP contribution in [0.15, 0.2) is 42.6 Å². The molecular weight excluding hydrogens is 548 g/mol. The molecule has 0 radical (unpaired) electrons. The third kappa shape index (κ3) is 6.77. The average molecular weight is 586 g/mol. The highest BCUT2D eigenvalue weighted by atomic mass is 35.5. The molecule has 2 N–H and O–H groups in total. The van der Waals surface area contributed by atoms with E-state index in [1.54, 1.807) is 25.4 Å². The normalized spacial score (nSPS) is 17.3. The summed E-state index contributed by atoms with van der Waals surface area (Å²) in [6, 6.07) is 11.6. The van der Waals surface area contributed by atoms with E-state index in [1.807, 2.05) is 6.07 Å². The van der Waals surface area contributed by atoms with Crippen LogP contribution in [0.25, 0.3) is 0 Å². The molecule has 2 aromatic carbocycles. The van der Waals surface area contributed by atoms with Crippen LogP contribution in [-0.4, -0.2) is 92.6 Å². The number of anilines is 5. The number of piperidine rings is 1. The van der Waals surface area contributed by atoms with Crippen LogP contribution in [0.2, 0.25) is 5.02 Å². The highest BCUT2D eigenvalue weighted by Crippen LogP contribution is 2.35. The number of hydrogen-bond donors (Lipinski definition) is 2. The SMILES string of the molecule is COc1cc(N2CCC(N3CCN(C)CC3)CC2)ccc1Nc1ncc(Cl)c(Nc2ccc(F)cc2P(C)C)n1. The molecule has 0 atom stereocenters. The number of benzene rings is 2. The second-order valence-electron chi connectivity index (χ2n) is 10.6. The Morgan fingerprint density at radius 2 is 1.70 bits per heavy atom. The van der Waals surface area contributed by atoms with Gasteiger partial charge in [0.15, 0.2) is 5.82 Å². The molecule has 2 fully saturated rings. The first kappa shape index (κ1) is 28.8. The smallest absolute Gasteiger partial charge is 0.229 e. The third-order valence-corrected chi connectivity index (χ3v) is 9.36. The van der Waals surface area contributed by atoms with E-state index in [9.17, 15) is 4.39 Å². The van der Waals surface area contributed by atoms with Crippen LogP contribution in [0.5, 0.6) is 5.75 Å². The lowest BCUT2D eigenvalue weighted by Crippen LogP contribution is -2.52. The van der Waals surface area contributed by atoms with Crippen LogP contribution in [0, 0.1) is 5.82 Å². The molecule has 214 valence electrons. The van der Waals surface area contributed by atoms with Crippen LogP contribution < -0.4 is 25.6 Å². The van der Waals surface area contributed by atoms with E-state index in [0.717, 1.165) is 54.3 Å². The summed E-state index contributed by atoms with van der Waals surface area (Å²) in [5.41, 5.74) is 2.69. The Kier molecular flexibility index (Phi) is 9.26. The maximum Gasteiger partial charge on any atom is 0.229 e. The zero-order chi connectivity index (χ0) is 28.2. The van der Waals surface area contributed by atoms with E-state index < -0.39 is 7.92 Å². The van der Waals surface area contributed by atoms with Gasteiger partial charge in [-0.3, -0.25) is 4.90 Å². The predicted octanol–water partition coefficient (Wildman–Crippen LogP) is 5.35. The number of nitrogens with zero attached hydrogens (tertiary/aromatic N) is 5. The summed E-state index contributed by atoms with van der Waals surface area (Å²) in [5.74, 6) is 1.28. The first-order valence-electron chi connectivity index (χ1n) is 13.7. The summed E-state index contributed by atoms with van der Waals surface area (Å²) in [6.45, 7) is 10.9. The van der Waals surface area contributed by atoms with E-state index in [2.05, 4.69) is 67.8 Å². The maximum absolute atomic E-state index is 13.9. The number of aromatic nitrogens is 2. The maximum atomic E-state index is 13.9. The minimum atomic E-state index is -0.538. The Bertz CT molecular complexity index is 1310. The molecule has 2 aliphatic rings. The van der Waals surface area contributed by atoms with Gasteiger partial charge in [0.1, 0.15) is 16.6 Å². The first-order chi connectivity index (χ1) is 19.3. The Morgan fingerprint density at radius 3 is 2.40 bits per heavy atom. The molecule has 0 amide bonds. The lowest BCUT2D eigenvalue weighted by molar-refractivity contribution is 0.0982. The van der Waals surface area contributed by atoms with E-state index in [0.29, 0.717) is 22.8 Å². The number of rotatable bonds is 8. The summed E-state index contributed by atoms with van der Waals surface area (Å²) in [4.78, 5) is 16.5. The van der Waals surface area contributed by atoms with E-state index >= 15 is 0 Å². The third-order valence-electron chi connectivity index (χ3n) is 7.75. The molecule has 0 aliphatic carbocycles. The molecule has 2 saturated heterocycles. The standard InChI is InChI=1S/C29H38ClFN7OP/c1-36-13-15-38(16-14-36)21-9-11-37(12-10-21)22-6-8-24(26(18-22)39-2)34-29-32-19-23(30)28(35-29)33-25-7-5-20(31)17-27(25)40(3)4/h5-8,17-19,21H,9-16H2,1-4H3,(H2,32,33,34,35). The molecule has 0 unspecified atom stereocenters. The van der Waals surface area contributed by atoms with Crippen molar-refractivity contribution in [3.05, 3.63) is 53.4 Å². The van der Waals surface area contributed by atoms with Gasteiger partial charge in [0.25, 0.3) is 0 Å². The highest BCUT2D eigenvalue weighted by molar-refractivity contribution is 7.64. The van der Waals surface area contributed by atoms with Gasteiger partial charge in [-0.25, -0.2) is 9.37 Å². The largest absolute Gasteiger partial charge is 0.494 e.